The van der Waals surface area contributed by atoms with Crippen LogP contribution >= 0.6 is 0 Å². The molecule has 2 aliphatic carbocycles. The highest BCUT2D eigenvalue weighted by Crippen LogP contribution is 2.52. The molecule has 1 amide bonds. The Morgan fingerprint density at radius 1 is 1.02 bits per heavy atom. The van der Waals surface area contributed by atoms with Crippen LogP contribution in [-0.2, 0) is 29.7 Å². The summed E-state index contributed by atoms with van der Waals surface area (Å²) in [7, 11) is 0. The maximum atomic E-state index is 14.7. The highest BCUT2D eigenvalue weighted by molar-refractivity contribution is 5.94. The largest absolute Gasteiger partial charge is 0.327 e. The van der Waals surface area contributed by atoms with Gasteiger partial charge in [0.05, 0.1) is 46.0 Å². The van der Waals surface area contributed by atoms with Crippen LogP contribution in [0.25, 0.3) is 21.9 Å². The number of benzene rings is 2. The minimum Gasteiger partial charge on any atom is -0.327 e. The third-order valence-electron chi connectivity index (χ3n) is 8.98. The molecule has 1 fully saturated rings. The summed E-state index contributed by atoms with van der Waals surface area (Å²) in [4.78, 5) is 38.3. The van der Waals surface area contributed by atoms with E-state index in [1.807, 2.05) is 23.1 Å². The second-order valence-electron chi connectivity index (χ2n) is 11.6. The lowest BCUT2D eigenvalue weighted by molar-refractivity contribution is -0.137. The molecular formula is C34H30F2N6O2. The van der Waals surface area contributed by atoms with E-state index in [0.29, 0.717) is 40.6 Å². The van der Waals surface area contributed by atoms with E-state index in [-0.39, 0.29) is 36.2 Å². The molecule has 8 nitrogen and oxygen atoms in total. The SMILES string of the molecule is NCc1n[nH]c(=O)c2ccc(C3(C(=O)N(Cc4ccc(-c5c(F)cccc5F)cn4)[C@@H]4CCCc5cccnc54)CC3)cc12. The van der Waals surface area contributed by atoms with E-state index >= 15 is 0 Å². The fourth-order valence-electron chi connectivity index (χ4n) is 6.52. The van der Waals surface area contributed by atoms with E-state index in [0.717, 1.165) is 36.1 Å². The zero-order chi connectivity index (χ0) is 30.4. The molecule has 0 radical (unpaired) electrons. The number of hydrogen-bond donors (Lipinski definition) is 2. The third kappa shape index (κ3) is 4.75. The number of hydrogen-bond acceptors (Lipinski definition) is 6. The Balaban J connectivity index is 1.28. The number of fused-ring (bicyclic) bond motifs is 2. The Morgan fingerprint density at radius 3 is 2.57 bits per heavy atom. The second kappa shape index (κ2) is 11.0. The summed E-state index contributed by atoms with van der Waals surface area (Å²) in [6.45, 7) is 0.344. The van der Waals surface area contributed by atoms with Crippen molar-refractivity contribution in [1.82, 2.24) is 25.1 Å². The molecule has 2 aliphatic rings. The number of pyridine rings is 2. The molecule has 0 spiro atoms. The van der Waals surface area contributed by atoms with Crippen molar-refractivity contribution >= 4 is 16.7 Å². The van der Waals surface area contributed by atoms with E-state index in [1.165, 1.54) is 24.4 Å². The standard InChI is InChI=1S/C34H30F2N6O2/c35-26-6-2-7-27(36)30(26)21-9-11-23(39-18-21)19-42(29-8-1-4-20-5-3-15-38-31(20)29)33(44)34(13-14-34)22-10-12-24-25(16-22)28(17-37)40-41-32(24)43/h2-3,5-7,9-12,15-16,18,29H,1,4,8,13-14,17,19,37H2,(H,41,43)/t29-/m1/s1. The molecule has 5 aromatic rings. The number of rotatable bonds is 7. The average molecular weight is 593 g/mol. The predicted molar refractivity (Wildman–Crippen MR) is 161 cm³/mol. The molecule has 2 aromatic carbocycles. The number of amides is 1. The van der Waals surface area contributed by atoms with Gasteiger partial charge in [-0.1, -0.05) is 24.3 Å². The van der Waals surface area contributed by atoms with Crippen molar-refractivity contribution < 1.29 is 13.6 Å². The van der Waals surface area contributed by atoms with Gasteiger partial charge in [0.25, 0.3) is 5.56 Å². The van der Waals surface area contributed by atoms with Crippen LogP contribution < -0.4 is 11.3 Å². The predicted octanol–water partition coefficient (Wildman–Crippen LogP) is 5.26. The molecule has 3 N–H and O–H groups in total. The molecular weight excluding hydrogens is 562 g/mol. The number of aromatic amines is 1. The van der Waals surface area contributed by atoms with Crippen LogP contribution in [0.2, 0.25) is 0 Å². The van der Waals surface area contributed by atoms with Gasteiger partial charge in [0.1, 0.15) is 11.6 Å². The first-order chi connectivity index (χ1) is 21.4. The number of aromatic nitrogens is 4. The summed E-state index contributed by atoms with van der Waals surface area (Å²) in [5.41, 5.74) is 9.00. The number of carbonyl (C=O) groups is 1. The molecule has 10 heteroatoms. The maximum absolute atomic E-state index is 14.7. The number of nitrogens with two attached hydrogens (primary N) is 1. The van der Waals surface area contributed by atoms with Crippen molar-refractivity contribution in [1.29, 1.82) is 0 Å². The van der Waals surface area contributed by atoms with Gasteiger partial charge >= 0.3 is 0 Å². The van der Waals surface area contributed by atoms with E-state index in [4.69, 9.17) is 10.7 Å². The number of H-pyrrole nitrogens is 1. The van der Waals surface area contributed by atoms with Gasteiger partial charge in [-0.05, 0) is 79.6 Å². The van der Waals surface area contributed by atoms with Crippen LogP contribution in [0.4, 0.5) is 8.78 Å². The van der Waals surface area contributed by atoms with Crippen molar-refractivity contribution in [2.24, 2.45) is 5.73 Å². The van der Waals surface area contributed by atoms with Crippen LogP contribution in [0.3, 0.4) is 0 Å². The van der Waals surface area contributed by atoms with Gasteiger partial charge in [0, 0.05) is 29.9 Å². The van der Waals surface area contributed by atoms with Crippen molar-refractivity contribution in [3.8, 4) is 11.1 Å². The zero-order valence-corrected chi connectivity index (χ0v) is 23.9. The molecule has 3 heterocycles. The molecule has 0 bridgehead atoms. The Labute approximate surface area is 252 Å². The smallest absolute Gasteiger partial charge is 0.272 e. The summed E-state index contributed by atoms with van der Waals surface area (Å²) in [5.74, 6) is -1.37. The Kier molecular flexibility index (Phi) is 7.01. The molecule has 0 unspecified atom stereocenters. The fraction of sp³-hybridized carbons (Fsp3) is 0.265. The molecule has 0 saturated heterocycles. The van der Waals surface area contributed by atoms with Crippen molar-refractivity contribution in [2.75, 3.05) is 0 Å². The summed E-state index contributed by atoms with van der Waals surface area (Å²) < 4.78 is 28.9. The number of aryl methyl sites for hydroxylation is 1. The van der Waals surface area contributed by atoms with E-state index < -0.39 is 17.0 Å². The minimum atomic E-state index is -0.773. The average Bonchev–Trinajstić information content (AvgIpc) is 3.86. The molecule has 0 aliphatic heterocycles. The van der Waals surface area contributed by atoms with Crippen molar-refractivity contribution in [3.05, 3.63) is 123 Å². The van der Waals surface area contributed by atoms with Crippen molar-refractivity contribution in [3.63, 3.8) is 0 Å². The first-order valence-corrected chi connectivity index (χ1v) is 14.8. The van der Waals surface area contributed by atoms with Gasteiger partial charge < -0.3 is 10.6 Å². The Hall–Kier alpha value is -4.83. The molecule has 7 rings (SSSR count). The highest BCUT2D eigenvalue weighted by atomic mass is 19.1. The number of carbonyl (C=O) groups excluding carboxylic acids is 1. The maximum Gasteiger partial charge on any atom is 0.272 e. The van der Waals surface area contributed by atoms with Crippen LogP contribution in [-0.4, -0.2) is 31.0 Å². The molecule has 44 heavy (non-hydrogen) atoms. The minimum absolute atomic E-state index is 0.0431. The summed E-state index contributed by atoms with van der Waals surface area (Å²) in [6.07, 6.45) is 7.06. The summed E-state index contributed by atoms with van der Waals surface area (Å²) in [5, 5.41) is 7.73. The molecule has 1 atom stereocenters. The topological polar surface area (TPSA) is 118 Å². The van der Waals surface area contributed by atoms with Gasteiger partial charge in [-0.25, -0.2) is 13.9 Å². The van der Waals surface area contributed by atoms with Gasteiger partial charge in [-0.3, -0.25) is 19.6 Å². The third-order valence-corrected chi connectivity index (χ3v) is 8.98. The van der Waals surface area contributed by atoms with Gasteiger partial charge in [0.2, 0.25) is 5.91 Å². The summed E-state index contributed by atoms with van der Waals surface area (Å²) >= 11 is 0. The first kappa shape index (κ1) is 28.0. The fourth-order valence-corrected chi connectivity index (χ4v) is 6.52. The van der Waals surface area contributed by atoms with Crippen LogP contribution in [0.1, 0.15) is 59.9 Å². The quantitative estimate of drug-likeness (QED) is 0.266. The van der Waals surface area contributed by atoms with Crippen LogP contribution in [0.5, 0.6) is 0 Å². The van der Waals surface area contributed by atoms with E-state index in [9.17, 15) is 18.4 Å². The van der Waals surface area contributed by atoms with Crippen molar-refractivity contribution in [2.45, 2.75) is 56.7 Å². The van der Waals surface area contributed by atoms with Crippen LogP contribution in [0.15, 0.2) is 77.9 Å². The molecule has 3 aromatic heterocycles. The highest BCUT2D eigenvalue weighted by Gasteiger charge is 2.54. The van der Waals surface area contributed by atoms with Gasteiger partial charge in [0.15, 0.2) is 0 Å². The second-order valence-corrected chi connectivity index (χ2v) is 11.6. The number of nitrogens with one attached hydrogen (secondary N) is 1. The lowest BCUT2D eigenvalue weighted by Gasteiger charge is -2.37. The monoisotopic (exact) mass is 592 g/mol. The van der Waals surface area contributed by atoms with Gasteiger partial charge in [-0.2, -0.15) is 5.10 Å². The van der Waals surface area contributed by atoms with E-state index in [2.05, 4.69) is 21.2 Å². The lowest BCUT2D eigenvalue weighted by atomic mass is 9.87. The lowest BCUT2D eigenvalue weighted by Crippen LogP contribution is -2.43. The number of nitrogens with zero attached hydrogens (tertiary/aromatic N) is 4. The van der Waals surface area contributed by atoms with Crippen LogP contribution in [0, 0.1) is 11.6 Å². The van der Waals surface area contributed by atoms with Gasteiger partial charge in [-0.15, -0.1) is 0 Å². The molecule has 1 saturated carbocycles. The molecule has 222 valence electrons. The Morgan fingerprint density at radius 2 is 1.84 bits per heavy atom. The first-order valence-electron chi connectivity index (χ1n) is 14.8. The Bertz CT molecular complexity index is 1930. The van der Waals surface area contributed by atoms with E-state index in [1.54, 1.807) is 24.4 Å². The zero-order valence-electron chi connectivity index (χ0n) is 23.9. The number of halogens is 2. The summed E-state index contributed by atoms with van der Waals surface area (Å²) in [6, 6.07) is 16.3. The normalized spacial score (nSPS) is 16.8.